The van der Waals surface area contributed by atoms with Gasteiger partial charge in [0.2, 0.25) is 0 Å². The topological polar surface area (TPSA) is 58.7 Å². The molecule has 0 spiro atoms. The highest BCUT2D eigenvalue weighted by Crippen LogP contribution is 2.35. The molecule has 0 radical (unpaired) electrons. The van der Waals surface area contributed by atoms with E-state index < -0.39 is 17.8 Å². The molecule has 0 amide bonds. The number of aryl methyl sites for hydroxylation is 1. The van der Waals surface area contributed by atoms with Gasteiger partial charge in [0.25, 0.3) is 0 Å². The number of ether oxygens (including phenoxy) is 1. The molecule has 0 aliphatic heterocycles. The van der Waals surface area contributed by atoms with Crippen molar-refractivity contribution in [3.8, 4) is 5.75 Å². The summed E-state index contributed by atoms with van der Waals surface area (Å²) in [6, 6.07) is 6.70. The Balaban J connectivity index is 1.86. The standard InChI is InChI=1S/C16H19F3N2O3/c1-11-7-13(24-20-11)9-21(2)8-12(22)10-23-15-6-4-3-5-14(15)16(17,18)19/h3-7,12,22H,8-10H2,1-2H3/t12-/m0/s1. The molecule has 0 fully saturated rings. The van der Waals surface area contributed by atoms with Crippen LogP contribution in [0.15, 0.2) is 34.9 Å². The number of hydrogen-bond donors (Lipinski definition) is 1. The quantitative estimate of drug-likeness (QED) is 0.837. The monoisotopic (exact) mass is 344 g/mol. The number of likely N-dealkylation sites (N-methyl/N-ethyl adjacent to an activating group) is 1. The van der Waals surface area contributed by atoms with E-state index in [4.69, 9.17) is 9.26 Å². The number of nitrogens with zero attached hydrogens (tertiary/aromatic N) is 2. The molecular weight excluding hydrogens is 325 g/mol. The van der Waals surface area contributed by atoms with Crippen LogP contribution in [0.2, 0.25) is 0 Å². The normalized spacial score (nSPS) is 13.3. The highest BCUT2D eigenvalue weighted by Gasteiger charge is 2.34. The Morgan fingerprint density at radius 1 is 1.33 bits per heavy atom. The van der Waals surface area contributed by atoms with Gasteiger partial charge in [-0.25, -0.2) is 0 Å². The van der Waals surface area contributed by atoms with Gasteiger partial charge >= 0.3 is 6.18 Å². The van der Waals surface area contributed by atoms with Crippen LogP contribution in [-0.2, 0) is 12.7 Å². The van der Waals surface area contributed by atoms with Gasteiger partial charge < -0.3 is 14.4 Å². The lowest BCUT2D eigenvalue weighted by Gasteiger charge is -2.20. The predicted molar refractivity (Wildman–Crippen MR) is 80.5 cm³/mol. The minimum Gasteiger partial charge on any atom is -0.490 e. The molecule has 2 aromatic rings. The first kappa shape index (κ1) is 18.3. The molecule has 1 heterocycles. The average molecular weight is 344 g/mol. The molecule has 1 aromatic heterocycles. The van der Waals surface area contributed by atoms with E-state index in [9.17, 15) is 18.3 Å². The maximum Gasteiger partial charge on any atom is 0.419 e. The lowest BCUT2D eigenvalue weighted by molar-refractivity contribution is -0.139. The van der Waals surface area contributed by atoms with Crippen LogP contribution in [0.4, 0.5) is 13.2 Å². The van der Waals surface area contributed by atoms with Crippen molar-refractivity contribution < 1.29 is 27.5 Å². The number of para-hydroxylation sites is 1. The Kier molecular flexibility index (Phi) is 5.84. The Morgan fingerprint density at radius 2 is 2.04 bits per heavy atom. The van der Waals surface area contributed by atoms with Gasteiger partial charge in [0.15, 0.2) is 5.76 Å². The van der Waals surface area contributed by atoms with Gasteiger partial charge in [0, 0.05) is 12.6 Å². The molecule has 1 atom stereocenters. The third kappa shape index (κ3) is 5.24. The van der Waals surface area contributed by atoms with Crippen LogP contribution in [0, 0.1) is 6.92 Å². The molecule has 24 heavy (non-hydrogen) atoms. The van der Waals surface area contributed by atoms with E-state index in [0.29, 0.717) is 12.3 Å². The molecule has 0 bridgehead atoms. The highest BCUT2D eigenvalue weighted by molar-refractivity contribution is 5.35. The van der Waals surface area contributed by atoms with Crippen molar-refractivity contribution in [3.63, 3.8) is 0 Å². The van der Waals surface area contributed by atoms with Gasteiger partial charge in [-0.05, 0) is 26.1 Å². The van der Waals surface area contributed by atoms with Crippen LogP contribution in [0.5, 0.6) is 5.75 Å². The Hall–Kier alpha value is -2.06. The summed E-state index contributed by atoms with van der Waals surface area (Å²) in [7, 11) is 1.75. The van der Waals surface area contributed by atoms with Crippen molar-refractivity contribution in [3.05, 3.63) is 47.3 Å². The molecular formula is C16H19F3N2O3. The van der Waals surface area contributed by atoms with Crippen LogP contribution in [0.1, 0.15) is 17.0 Å². The summed E-state index contributed by atoms with van der Waals surface area (Å²) in [5, 5.41) is 13.7. The number of benzene rings is 1. The summed E-state index contributed by atoms with van der Waals surface area (Å²) < 4.78 is 48.8. The first-order valence-corrected chi connectivity index (χ1v) is 7.33. The Bertz CT molecular complexity index is 658. The van der Waals surface area contributed by atoms with Crippen molar-refractivity contribution in [2.24, 2.45) is 0 Å². The van der Waals surface area contributed by atoms with Crippen LogP contribution in [0.25, 0.3) is 0 Å². The van der Waals surface area contributed by atoms with Crippen LogP contribution in [0.3, 0.4) is 0 Å². The summed E-state index contributed by atoms with van der Waals surface area (Å²) in [6.07, 6.45) is -5.44. The van der Waals surface area contributed by atoms with E-state index in [2.05, 4.69) is 5.16 Å². The smallest absolute Gasteiger partial charge is 0.419 e. The first-order valence-electron chi connectivity index (χ1n) is 7.33. The summed E-state index contributed by atoms with van der Waals surface area (Å²) in [5.74, 6) is 0.350. The summed E-state index contributed by atoms with van der Waals surface area (Å²) in [6.45, 7) is 2.20. The van der Waals surface area contributed by atoms with E-state index in [0.717, 1.165) is 11.8 Å². The maximum atomic E-state index is 12.9. The van der Waals surface area contributed by atoms with Gasteiger partial charge in [-0.1, -0.05) is 17.3 Å². The van der Waals surface area contributed by atoms with E-state index in [1.807, 2.05) is 0 Å². The van der Waals surface area contributed by atoms with Crippen molar-refractivity contribution in [1.29, 1.82) is 0 Å². The second kappa shape index (κ2) is 7.67. The van der Waals surface area contributed by atoms with Crippen molar-refractivity contribution in [1.82, 2.24) is 10.1 Å². The third-order valence-corrected chi connectivity index (χ3v) is 3.25. The van der Waals surface area contributed by atoms with Crippen molar-refractivity contribution in [2.75, 3.05) is 20.2 Å². The van der Waals surface area contributed by atoms with Crippen LogP contribution >= 0.6 is 0 Å². The molecule has 0 aliphatic rings. The van der Waals surface area contributed by atoms with E-state index in [1.165, 1.54) is 18.2 Å². The maximum absolute atomic E-state index is 12.9. The second-order valence-electron chi connectivity index (χ2n) is 5.59. The largest absolute Gasteiger partial charge is 0.490 e. The van der Waals surface area contributed by atoms with Crippen LogP contribution < -0.4 is 4.74 Å². The fourth-order valence-corrected chi connectivity index (χ4v) is 2.25. The second-order valence-corrected chi connectivity index (χ2v) is 5.59. The fourth-order valence-electron chi connectivity index (χ4n) is 2.25. The molecule has 0 saturated heterocycles. The number of rotatable bonds is 7. The number of aliphatic hydroxyl groups is 1. The molecule has 132 valence electrons. The lowest BCUT2D eigenvalue weighted by atomic mass is 10.2. The first-order chi connectivity index (χ1) is 11.3. The van der Waals surface area contributed by atoms with Gasteiger partial charge in [-0.3, -0.25) is 4.90 Å². The molecule has 2 rings (SSSR count). The molecule has 0 aliphatic carbocycles. The summed E-state index contributed by atoms with van der Waals surface area (Å²) in [5.41, 5.74) is -0.103. The van der Waals surface area contributed by atoms with Gasteiger partial charge in [-0.15, -0.1) is 0 Å². The summed E-state index contributed by atoms with van der Waals surface area (Å²) in [4.78, 5) is 1.77. The Morgan fingerprint density at radius 3 is 2.67 bits per heavy atom. The van der Waals surface area contributed by atoms with Crippen LogP contribution in [-0.4, -0.2) is 41.5 Å². The van der Waals surface area contributed by atoms with Gasteiger partial charge in [-0.2, -0.15) is 13.2 Å². The molecule has 0 saturated carbocycles. The summed E-state index contributed by atoms with van der Waals surface area (Å²) >= 11 is 0. The molecule has 1 N–H and O–H groups in total. The van der Waals surface area contributed by atoms with Gasteiger partial charge in [0.05, 0.1) is 17.8 Å². The zero-order valence-electron chi connectivity index (χ0n) is 13.4. The van der Waals surface area contributed by atoms with E-state index in [1.54, 1.807) is 24.9 Å². The number of aliphatic hydroxyl groups excluding tert-OH is 1. The third-order valence-electron chi connectivity index (χ3n) is 3.25. The number of halogens is 3. The SMILES string of the molecule is Cc1cc(CN(C)C[C@H](O)COc2ccccc2C(F)(F)F)on1. The van der Waals surface area contributed by atoms with Crippen molar-refractivity contribution >= 4 is 0 Å². The minimum absolute atomic E-state index is 0.216. The van der Waals surface area contributed by atoms with E-state index in [-0.39, 0.29) is 18.9 Å². The van der Waals surface area contributed by atoms with Crippen molar-refractivity contribution in [2.45, 2.75) is 25.7 Å². The number of hydrogen-bond acceptors (Lipinski definition) is 5. The number of aromatic nitrogens is 1. The molecule has 0 unspecified atom stereocenters. The fraction of sp³-hybridized carbons (Fsp3) is 0.438. The predicted octanol–water partition coefficient (Wildman–Crippen LogP) is 2.87. The molecule has 5 nitrogen and oxygen atoms in total. The average Bonchev–Trinajstić information content (AvgIpc) is 2.89. The van der Waals surface area contributed by atoms with E-state index >= 15 is 0 Å². The van der Waals surface area contributed by atoms with Gasteiger partial charge in [0.1, 0.15) is 18.5 Å². The molecule has 8 heteroatoms. The highest BCUT2D eigenvalue weighted by atomic mass is 19.4. The minimum atomic E-state index is -4.50. The zero-order valence-corrected chi connectivity index (χ0v) is 13.4. The number of alkyl halides is 3. The Labute approximate surface area is 137 Å². The zero-order chi connectivity index (χ0) is 17.7. The molecule has 1 aromatic carbocycles. The lowest BCUT2D eigenvalue weighted by Crippen LogP contribution is -2.33.